The molecule has 2 aromatic carbocycles. The van der Waals surface area contributed by atoms with Gasteiger partial charge in [0.2, 0.25) is 5.88 Å². The number of halogens is 2. The molecule has 2 heterocycles. The Bertz CT molecular complexity index is 1660. The number of amidine groups is 1. The van der Waals surface area contributed by atoms with Gasteiger partial charge in [0.15, 0.2) is 0 Å². The van der Waals surface area contributed by atoms with E-state index >= 15 is 4.39 Å². The number of rotatable bonds is 10. The lowest BCUT2D eigenvalue weighted by atomic mass is 9.98. The van der Waals surface area contributed by atoms with Gasteiger partial charge < -0.3 is 9.26 Å². The van der Waals surface area contributed by atoms with E-state index in [1.54, 1.807) is 24.8 Å². The molecule has 1 aliphatic carbocycles. The molecule has 1 aliphatic heterocycles. The van der Waals surface area contributed by atoms with Gasteiger partial charge in [-0.3, -0.25) is 14.7 Å². The highest BCUT2D eigenvalue weighted by Gasteiger charge is 2.49. The summed E-state index contributed by atoms with van der Waals surface area (Å²) in [5.74, 6) is 0.207. The van der Waals surface area contributed by atoms with Crippen LogP contribution in [0.15, 0.2) is 44.7 Å². The maximum Gasteiger partial charge on any atom is 0.265 e. The molecule has 1 fully saturated rings. The van der Waals surface area contributed by atoms with Crippen LogP contribution in [0.25, 0.3) is 11.1 Å². The lowest BCUT2D eigenvalue weighted by Crippen LogP contribution is -2.40. The Kier molecular flexibility index (Phi) is 8.35. The first-order valence-corrected chi connectivity index (χ1v) is 15.9. The summed E-state index contributed by atoms with van der Waals surface area (Å²) in [5.41, 5.74) is 0.819. The molecule has 42 heavy (non-hydrogen) atoms. The Hall–Kier alpha value is -3.44. The summed E-state index contributed by atoms with van der Waals surface area (Å²) >= 11 is 6.70. The van der Waals surface area contributed by atoms with Crippen molar-refractivity contribution in [1.29, 1.82) is 0 Å². The summed E-state index contributed by atoms with van der Waals surface area (Å²) in [6.07, 6.45) is 5.83. The number of benzene rings is 2. The second kappa shape index (κ2) is 11.7. The highest BCUT2D eigenvalue weighted by atomic mass is 35.5. The first-order valence-electron chi connectivity index (χ1n) is 14.0. The molecule has 1 saturated carbocycles. The zero-order valence-electron chi connectivity index (χ0n) is 24.1. The second-order valence-electron chi connectivity index (χ2n) is 10.9. The molecule has 0 bridgehead atoms. The van der Waals surface area contributed by atoms with Crippen LogP contribution in [-0.2, 0) is 21.4 Å². The van der Waals surface area contributed by atoms with Gasteiger partial charge in [-0.25, -0.2) is 17.5 Å². The lowest BCUT2D eigenvalue weighted by molar-refractivity contribution is -0.131. The number of ether oxygens (including phenoxy) is 1. The highest BCUT2D eigenvalue weighted by molar-refractivity contribution is 7.92. The molecular weight excluding hydrogens is 583 g/mol. The number of nitrogens with one attached hydrogen (secondary N) is 1. The van der Waals surface area contributed by atoms with Crippen molar-refractivity contribution < 1.29 is 26.9 Å². The van der Waals surface area contributed by atoms with E-state index in [2.05, 4.69) is 16.8 Å². The van der Waals surface area contributed by atoms with Crippen LogP contribution in [0.3, 0.4) is 0 Å². The lowest BCUT2D eigenvalue weighted by Gasteiger charge is -2.23. The number of carbonyl (C=O) groups is 1. The molecule has 9 nitrogen and oxygen atoms in total. The van der Waals surface area contributed by atoms with E-state index in [0.29, 0.717) is 23.2 Å². The maximum absolute atomic E-state index is 15.9. The number of hydrogen-bond donors (Lipinski definition) is 1. The van der Waals surface area contributed by atoms with Crippen LogP contribution in [-0.4, -0.2) is 42.9 Å². The number of sulfonamides is 1. The van der Waals surface area contributed by atoms with Crippen LogP contribution in [0.1, 0.15) is 68.7 Å². The minimum atomic E-state index is -4.27. The van der Waals surface area contributed by atoms with Gasteiger partial charge in [-0.15, -0.1) is 0 Å². The first kappa shape index (κ1) is 30.0. The fraction of sp³-hybridized carbons (Fsp3) is 0.433. The average molecular weight is 617 g/mol. The third-order valence-electron chi connectivity index (χ3n) is 8.10. The van der Waals surface area contributed by atoms with Crippen molar-refractivity contribution in [3.05, 3.63) is 58.0 Å². The molecule has 0 radical (unpaired) electrons. The van der Waals surface area contributed by atoms with Crippen LogP contribution in [0, 0.1) is 19.7 Å². The number of anilines is 1. The third kappa shape index (κ3) is 5.51. The Labute approximate surface area is 250 Å². The second-order valence-corrected chi connectivity index (χ2v) is 12.9. The zero-order chi connectivity index (χ0) is 30.2. The van der Waals surface area contributed by atoms with Gasteiger partial charge >= 0.3 is 0 Å². The predicted octanol–water partition coefficient (Wildman–Crippen LogP) is 6.80. The Morgan fingerprint density at radius 2 is 1.90 bits per heavy atom. The van der Waals surface area contributed by atoms with Crippen molar-refractivity contribution in [2.45, 2.75) is 82.7 Å². The number of amides is 1. The molecule has 0 saturated heterocycles. The SMILES string of the molecule is CCCCC1=NC2(CCCC2)C(=O)N1Cc1cc(F)c(-c2ccc(OC)cc2S(=O)(=O)Nc2onc(C)c2C)cc1Cl. The van der Waals surface area contributed by atoms with Gasteiger partial charge in [0.05, 0.1) is 24.2 Å². The van der Waals surface area contributed by atoms with Crippen molar-refractivity contribution in [2.75, 3.05) is 11.8 Å². The average Bonchev–Trinajstić information content (AvgIpc) is 3.64. The molecule has 12 heteroatoms. The maximum atomic E-state index is 15.9. The van der Waals surface area contributed by atoms with E-state index in [4.69, 9.17) is 25.9 Å². The summed E-state index contributed by atoms with van der Waals surface area (Å²) in [6, 6.07) is 6.97. The summed E-state index contributed by atoms with van der Waals surface area (Å²) < 4.78 is 55.7. The van der Waals surface area contributed by atoms with E-state index in [-0.39, 0.29) is 45.1 Å². The quantitative estimate of drug-likeness (QED) is 0.268. The van der Waals surface area contributed by atoms with Crippen LogP contribution >= 0.6 is 11.6 Å². The monoisotopic (exact) mass is 616 g/mol. The standard InChI is InChI=1S/C30H34ClFN4O5S/c1-5-6-9-27-33-30(12-7-8-13-30)29(37)36(27)17-20-14-25(32)23(16-24(20)31)22-11-10-21(40-4)15-26(22)42(38,39)35-28-18(2)19(3)34-41-28/h10-11,14-16,35H,5-9,12-13,17H2,1-4H3. The minimum Gasteiger partial charge on any atom is -0.497 e. The number of unbranched alkanes of at least 4 members (excludes halogenated alkanes) is 1. The van der Waals surface area contributed by atoms with E-state index < -0.39 is 21.4 Å². The van der Waals surface area contributed by atoms with Gasteiger partial charge in [0.1, 0.15) is 22.9 Å². The smallest absolute Gasteiger partial charge is 0.265 e. The van der Waals surface area contributed by atoms with E-state index in [1.807, 2.05) is 0 Å². The molecule has 224 valence electrons. The molecule has 0 atom stereocenters. The fourth-order valence-electron chi connectivity index (χ4n) is 5.55. The predicted molar refractivity (Wildman–Crippen MR) is 159 cm³/mol. The van der Waals surface area contributed by atoms with Crippen molar-refractivity contribution in [3.63, 3.8) is 0 Å². The third-order valence-corrected chi connectivity index (χ3v) is 9.82. The van der Waals surface area contributed by atoms with E-state index in [0.717, 1.165) is 44.4 Å². The van der Waals surface area contributed by atoms with Gasteiger partial charge in [-0.2, -0.15) is 0 Å². The Morgan fingerprint density at radius 3 is 2.55 bits per heavy atom. The Balaban J connectivity index is 1.50. The molecule has 2 aliphatic rings. The van der Waals surface area contributed by atoms with Crippen molar-refractivity contribution in [3.8, 4) is 16.9 Å². The summed E-state index contributed by atoms with van der Waals surface area (Å²) in [6.45, 7) is 5.52. The van der Waals surface area contributed by atoms with Gasteiger partial charge in [-0.05, 0) is 62.9 Å². The number of aliphatic imine (C=N–C) groups is 1. The molecular formula is C30H34ClFN4O5S. The molecule has 5 rings (SSSR count). The van der Waals surface area contributed by atoms with Crippen LogP contribution < -0.4 is 9.46 Å². The number of aromatic nitrogens is 1. The number of carbonyl (C=O) groups excluding carboxylic acids is 1. The number of hydrogen-bond acceptors (Lipinski definition) is 7. The fourth-order valence-corrected chi connectivity index (χ4v) is 7.05. The van der Waals surface area contributed by atoms with Crippen molar-refractivity contribution >= 4 is 39.3 Å². The summed E-state index contributed by atoms with van der Waals surface area (Å²) in [7, 11) is -2.87. The molecule has 1 aromatic heterocycles. The van der Waals surface area contributed by atoms with Gasteiger partial charge in [0.25, 0.3) is 15.9 Å². The molecule has 1 N–H and O–H groups in total. The number of methoxy groups -OCH3 is 1. The normalized spacial score (nSPS) is 16.4. The van der Waals surface area contributed by atoms with Crippen molar-refractivity contribution in [1.82, 2.24) is 10.1 Å². The molecule has 0 unspecified atom stereocenters. The van der Waals surface area contributed by atoms with Gasteiger partial charge in [-0.1, -0.05) is 42.9 Å². The van der Waals surface area contributed by atoms with Crippen LogP contribution in [0.5, 0.6) is 5.75 Å². The van der Waals surface area contributed by atoms with Crippen LogP contribution in [0.2, 0.25) is 5.02 Å². The highest BCUT2D eigenvalue weighted by Crippen LogP contribution is 2.41. The number of aryl methyl sites for hydroxylation is 1. The largest absolute Gasteiger partial charge is 0.497 e. The summed E-state index contributed by atoms with van der Waals surface area (Å²) in [5, 5.41) is 4.00. The van der Waals surface area contributed by atoms with E-state index in [9.17, 15) is 13.2 Å². The van der Waals surface area contributed by atoms with E-state index in [1.165, 1.54) is 31.4 Å². The Morgan fingerprint density at radius 1 is 1.17 bits per heavy atom. The zero-order valence-corrected chi connectivity index (χ0v) is 25.7. The number of nitrogens with zero attached hydrogens (tertiary/aromatic N) is 3. The minimum absolute atomic E-state index is 0.0165. The first-order chi connectivity index (χ1) is 20.0. The van der Waals surface area contributed by atoms with Crippen LogP contribution in [0.4, 0.5) is 10.3 Å². The molecule has 3 aromatic rings. The topological polar surface area (TPSA) is 114 Å². The summed E-state index contributed by atoms with van der Waals surface area (Å²) in [4.78, 5) is 19.9. The van der Waals surface area contributed by atoms with Crippen molar-refractivity contribution in [2.24, 2.45) is 4.99 Å². The van der Waals surface area contributed by atoms with Gasteiger partial charge in [0, 0.05) is 34.2 Å². The molecule has 1 spiro atoms. The molecule has 1 amide bonds.